The van der Waals surface area contributed by atoms with E-state index in [2.05, 4.69) is 9.88 Å². The van der Waals surface area contributed by atoms with Gasteiger partial charge in [0.2, 0.25) is 5.88 Å². The lowest BCUT2D eigenvalue weighted by Crippen LogP contribution is -2.49. The van der Waals surface area contributed by atoms with E-state index in [0.717, 1.165) is 34.9 Å². The van der Waals surface area contributed by atoms with Crippen molar-refractivity contribution in [3.05, 3.63) is 35.3 Å². The number of carbonyl (C=O) groups excluding carboxylic acids is 1. The zero-order valence-electron chi connectivity index (χ0n) is 14.6. The molecule has 2 atom stereocenters. The lowest BCUT2D eigenvalue weighted by molar-refractivity contribution is 0.0391. The van der Waals surface area contributed by atoms with E-state index in [1.165, 1.54) is 32.1 Å². The highest BCUT2D eigenvalue weighted by atomic mass is 32.1. The van der Waals surface area contributed by atoms with Crippen molar-refractivity contribution in [1.29, 1.82) is 0 Å². The van der Waals surface area contributed by atoms with Crippen LogP contribution in [0.4, 0.5) is 0 Å². The topological polar surface area (TPSA) is 42.4 Å². The molecule has 2 aromatic rings. The number of hydrogen-bond acceptors (Lipinski definition) is 4. The summed E-state index contributed by atoms with van der Waals surface area (Å²) in [5.74, 6) is 1.53. The van der Waals surface area contributed by atoms with Crippen LogP contribution in [-0.4, -0.2) is 35.5 Å². The summed E-state index contributed by atoms with van der Waals surface area (Å²) in [7, 11) is 1.61. The molecule has 1 saturated carbocycles. The average molecular weight is 356 g/mol. The molecule has 5 heteroatoms. The van der Waals surface area contributed by atoms with Crippen LogP contribution in [0.5, 0.6) is 5.88 Å². The quantitative estimate of drug-likeness (QED) is 0.806. The highest BCUT2D eigenvalue weighted by Crippen LogP contribution is 2.37. The van der Waals surface area contributed by atoms with Crippen molar-refractivity contribution < 1.29 is 9.53 Å². The van der Waals surface area contributed by atoms with Crippen molar-refractivity contribution in [2.75, 3.05) is 13.7 Å². The van der Waals surface area contributed by atoms with Crippen molar-refractivity contribution in [3.63, 3.8) is 0 Å². The average Bonchev–Trinajstić information content (AvgIpc) is 3.17. The summed E-state index contributed by atoms with van der Waals surface area (Å²) in [6, 6.07) is 6.32. The van der Waals surface area contributed by atoms with Crippen LogP contribution < -0.4 is 4.74 Å². The van der Waals surface area contributed by atoms with Crippen LogP contribution in [0.3, 0.4) is 0 Å². The van der Waals surface area contributed by atoms with Gasteiger partial charge in [-0.15, -0.1) is 11.3 Å². The SMILES string of the molecule is COc1ccc(-c2cc(C(=O)N3CCCC4CCCCC43)cs2)cn1. The molecule has 25 heavy (non-hydrogen) atoms. The number of ether oxygens (including phenoxy) is 1. The molecular formula is C20H24N2O2S. The first kappa shape index (κ1) is 16.6. The van der Waals surface area contributed by atoms with Gasteiger partial charge < -0.3 is 9.64 Å². The number of carbonyl (C=O) groups is 1. The van der Waals surface area contributed by atoms with Gasteiger partial charge in [0.15, 0.2) is 0 Å². The molecule has 2 aliphatic rings. The van der Waals surface area contributed by atoms with Crippen LogP contribution in [0, 0.1) is 5.92 Å². The van der Waals surface area contributed by atoms with Gasteiger partial charge in [-0.1, -0.05) is 12.8 Å². The van der Waals surface area contributed by atoms with E-state index in [1.807, 2.05) is 23.6 Å². The lowest BCUT2D eigenvalue weighted by atomic mass is 9.78. The van der Waals surface area contributed by atoms with Gasteiger partial charge >= 0.3 is 0 Å². The summed E-state index contributed by atoms with van der Waals surface area (Å²) in [6.45, 7) is 0.912. The Bertz CT molecular complexity index is 738. The summed E-state index contributed by atoms with van der Waals surface area (Å²) >= 11 is 1.61. The van der Waals surface area contributed by atoms with Crippen LogP contribution in [-0.2, 0) is 0 Å². The van der Waals surface area contributed by atoms with E-state index in [0.29, 0.717) is 11.9 Å². The van der Waals surface area contributed by atoms with Crippen LogP contribution in [0.1, 0.15) is 48.9 Å². The van der Waals surface area contributed by atoms with Gasteiger partial charge in [-0.05, 0) is 43.7 Å². The lowest BCUT2D eigenvalue weighted by Gasteiger charge is -2.44. The number of pyridine rings is 1. The number of hydrogen-bond donors (Lipinski definition) is 0. The van der Waals surface area contributed by atoms with Crippen LogP contribution in [0.15, 0.2) is 29.8 Å². The number of rotatable bonds is 3. The second kappa shape index (κ2) is 7.16. The summed E-state index contributed by atoms with van der Waals surface area (Å²) in [5.41, 5.74) is 1.85. The van der Waals surface area contributed by atoms with Gasteiger partial charge in [0.1, 0.15) is 0 Å². The number of amides is 1. The minimum absolute atomic E-state index is 0.209. The van der Waals surface area contributed by atoms with Gasteiger partial charge in [-0.3, -0.25) is 4.79 Å². The predicted octanol–water partition coefficient (Wildman–Crippen LogP) is 4.61. The molecule has 1 amide bonds. The van der Waals surface area contributed by atoms with E-state index < -0.39 is 0 Å². The van der Waals surface area contributed by atoms with E-state index in [9.17, 15) is 4.79 Å². The molecule has 0 bridgehead atoms. The first-order chi connectivity index (χ1) is 12.3. The summed E-state index contributed by atoms with van der Waals surface area (Å²) in [4.78, 5) is 20.6. The predicted molar refractivity (Wildman–Crippen MR) is 100 cm³/mol. The maximum Gasteiger partial charge on any atom is 0.254 e. The third kappa shape index (κ3) is 3.30. The number of aromatic nitrogens is 1. The van der Waals surface area contributed by atoms with Crippen LogP contribution >= 0.6 is 11.3 Å². The molecule has 4 rings (SSSR count). The van der Waals surface area contributed by atoms with Gasteiger partial charge in [0.25, 0.3) is 5.91 Å². The van der Waals surface area contributed by atoms with Gasteiger partial charge in [-0.25, -0.2) is 4.98 Å². The van der Waals surface area contributed by atoms with Gasteiger partial charge in [-0.2, -0.15) is 0 Å². The second-order valence-electron chi connectivity index (χ2n) is 7.04. The summed E-state index contributed by atoms with van der Waals surface area (Å²) in [6.07, 6.45) is 9.30. The monoisotopic (exact) mass is 356 g/mol. The number of fused-ring (bicyclic) bond motifs is 1. The number of thiophene rings is 1. The molecule has 2 unspecified atom stereocenters. The molecule has 2 aromatic heterocycles. The fraction of sp³-hybridized carbons (Fsp3) is 0.500. The minimum Gasteiger partial charge on any atom is -0.481 e. The third-order valence-electron chi connectivity index (χ3n) is 5.58. The zero-order valence-corrected chi connectivity index (χ0v) is 15.4. The molecule has 0 spiro atoms. The Hall–Kier alpha value is -1.88. The van der Waals surface area contributed by atoms with Crippen molar-refractivity contribution >= 4 is 17.2 Å². The van der Waals surface area contributed by atoms with E-state index >= 15 is 0 Å². The Morgan fingerprint density at radius 2 is 2.08 bits per heavy atom. The Kier molecular flexibility index (Phi) is 4.75. The molecule has 4 nitrogen and oxygen atoms in total. The van der Waals surface area contributed by atoms with E-state index in [4.69, 9.17) is 4.74 Å². The smallest absolute Gasteiger partial charge is 0.254 e. The molecule has 132 valence electrons. The van der Waals surface area contributed by atoms with E-state index in [-0.39, 0.29) is 5.91 Å². The van der Waals surface area contributed by atoms with Crippen LogP contribution in [0.2, 0.25) is 0 Å². The standard InChI is InChI=1S/C20H24N2O2S/c1-24-19-9-8-15(12-21-19)18-11-16(13-25-18)20(23)22-10-4-6-14-5-2-3-7-17(14)22/h8-9,11-14,17H,2-7,10H2,1H3. The fourth-order valence-corrected chi connectivity index (χ4v) is 5.16. The first-order valence-electron chi connectivity index (χ1n) is 9.16. The van der Waals surface area contributed by atoms with Crippen molar-refractivity contribution in [2.45, 2.75) is 44.6 Å². The molecule has 1 saturated heterocycles. The highest BCUT2D eigenvalue weighted by molar-refractivity contribution is 7.13. The molecule has 0 radical (unpaired) electrons. The number of likely N-dealkylation sites (tertiary alicyclic amines) is 1. The summed E-state index contributed by atoms with van der Waals surface area (Å²) in [5, 5.41) is 1.99. The Morgan fingerprint density at radius 3 is 2.88 bits per heavy atom. The zero-order chi connectivity index (χ0) is 17.2. The molecule has 0 N–H and O–H groups in total. The fourth-order valence-electron chi connectivity index (χ4n) is 4.29. The molecule has 0 aromatic carbocycles. The van der Waals surface area contributed by atoms with Crippen molar-refractivity contribution in [3.8, 4) is 16.3 Å². The first-order valence-corrected chi connectivity index (χ1v) is 10.0. The molecular weight excluding hydrogens is 332 g/mol. The molecule has 3 heterocycles. The maximum absolute atomic E-state index is 13.1. The minimum atomic E-state index is 0.209. The van der Waals surface area contributed by atoms with Gasteiger partial charge in [0.05, 0.1) is 12.7 Å². The molecule has 1 aliphatic heterocycles. The second-order valence-corrected chi connectivity index (χ2v) is 7.95. The third-order valence-corrected chi connectivity index (χ3v) is 6.56. The summed E-state index contributed by atoms with van der Waals surface area (Å²) < 4.78 is 5.11. The van der Waals surface area contributed by atoms with Crippen molar-refractivity contribution in [2.24, 2.45) is 5.92 Å². The molecule has 1 aliphatic carbocycles. The largest absolute Gasteiger partial charge is 0.481 e. The number of nitrogens with zero attached hydrogens (tertiary/aromatic N) is 2. The van der Waals surface area contributed by atoms with Crippen molar-refractivity contribution in [1.82, 2.24) is 9.88 Å². The number of piperidine rings is 1. The Labute approximate surface area is 152 Å². The van der Waals surface area contributed by atoms with Crippen LogP contribution in [0.25, 0.3) is 10.4 Å². The maximum atomic E-state index is 13.1. The Morgan fingerprint density at radius 1 is 1.24 bits per heavy atom. The number of methoxy groups -OCH3 is 1. The molecule has 2 fully saturated rings. The highest BCUT2D eigenvalue weighted by Gasteiger charge is 2.36. The van der Waals surface area contributed by atoms with E-state index in [1.54, 1.807) is 24.6 Å². The normalized spacial score (nSPS) is 23.2. The Balaban J connectivity index is 1.53. The van der Waals surface area contributed by atoms with Gasteiger partial charge in [0, 0.05) is 40.7 Å².